The maximum atomic E-state index is 4.37. The van der Waals surface area contributed by atoms with Gasteiger partial charge in [-0.25, -0.2) is 4.98 Å². The third-order valence-electron chi connectivity index (χ3n) is 3.14. The van der Waals surface area contributed by atoms with Crippen molar-refractivity contribution in [2.45, 2.75) is 30.7 Å². The van der Waals surface area contributed by atoms with Gasteiger partial charge in [-0.1, -0.05) is 12.8 Å². The summed E-state index contributed by atoms with van der Waals surface area (Å²) in [4.78, 5) is 6.95. The first-order valence-electron chi connectivity index (χ1n) is 6.89. The van der Waals surface area contributed by atoms with Crippen LogP contribution in [-0.4, -0.2) is 40.4 Å². The van der Waals surface area contributed by atoms with Crippen molar-refractivity contribution in [3.05, 3.63) is 22.8 Å². The van der Waals surface area contributed by atoms with Crippen LogP contribution in [0.3, 0.4) is 0 Å². The molecule has 2 nitrogen and oxygen atoms in total. The molecule has 0 radical (unpaired) electrons. The normalized spacial score (nSPS) is 15.2. The molecule has 0 atom stereocenters. The molecule has 0 spiro atoms. The Labute approximate surface area is 145 Å². The summed E-state index contributed by atoms with van der Waals surface area (Å²) < 4.78 is 1.05. The van der Waals surface area contributed by atoms with Crippen molar-refractivity contribution >= 4 is 51.9 Å². The molecule has 1 aliphatic rings. The van der Waals surface area contributed by atoms with E-state index in [1.807, 2.05) is 18.0 Å². The van der Waals surface area contributed by atoms with Crippen LogP contribution in [0.2, 0.25) is 0 Å². The molecule has 0 unspecified atom stereocenters. The first-order chi connectivity index (χ1) is 9.34. The second-order valence-corrected chi connectivity index (χ2v) is 7.84. The molecule has 1 fully saturated rings. The number of hydrogen-bond donors (Lipinski definition) is 0. The lowest BCUT2D eigenvalue weighted by molar-refractivity contribution is 0.344. The minimum atomic E-state index is 0. The Morgan fingerprint density at radius 2 is 2.10 bits per heavy atom. The fourth-order valence-electron chi connectivity index (χ4n) is 2.04. The van der Waals surface area contributed by atoms with Crippen LogP contribution < -0.4 is 0 Å². The lowest BCUT2D eigenvalue weighted by Gasteiger charge is -2.12. The van der Waals surface area contributed by atoms with Crippen molar-refractivity contribution in [1.29, 1.82) is 0 Å². The SMILES string of the molecule is Brc1ccc(SCCCCCCN2CCSC2)nc1.Cl. The highest BCUT2D eigenvalue weighted by molar-refractivity contribution is 9.10. The van der Waals surface area contributed by atoms with Crippen LogP contribution in [-0.2, 0) is 0 Å². The molecule has 114 valence electrons. The third kappa shape index (κ3) is 7.55. The molecule has 1 aromatic heterocycles. The van der Waals surface area contributed by atoms with Crippen molar-refractivity contribution in [2.75, 3.05) is 30.5 Å². The van der Waals surface area contributed by atoms with Crippen molar-refractivity contribution in [3.63, 3.8) is 0 Å². The van der Waals surface area contributed by atoms with Gasteiger partial charge < -0.3 is 0 Å². The molecular weight excluding hydrogens is 376 g/mol. The summed E-state index contributed by atoms with van der Waals surface area (Å²) >= 11 is 7.34. The van der Waals surface area contributed by atoms with Crippen molar-refractivity contribution < 1.29 is 0 Å². The first kappa shape index (κ1) is 18.6. The van der Waals surface area contributed by atoms with Crippen LogP contribution in [0.1, 0.15) is 25.7 Å². The summed E-state index contributed by atoms with van der Waals surface area (Å²) in [7, 11) is 0. The lowest BCUT2D eigenvalue weighted by atomic mass is 10.2. The van der Waals surface area contributed by atoms with Crippen LogP contribution in [0, 0.1) is 0 Å². The minimum absolute atomic E-state index is 0. The molecule has 0 bridgehead atoms. The number of thioether (sulfide) groups is 2. The standard InChI is InChI=1S/C14H21BrN2S2.ClH/c15-13-5-6-14(16-11-13)19-9-4-2-1-3-7-17-8-10-18-12-17;/h5-6,11H,1-4,7-10,12H2;1H. The van der Waals surface area contributed by atoms with E-state index in [0.717, 1.165) is 9.50 Å². The van der Waals surface area contributed by atoms with E-state index in [1.54, 1.807) is 0 Å². The Morgan fingerprint density at radius 1 is 1.25 bits per heavy atom. The number of rotatable bonds is 8. The van der Waals surface area contributed by atoms with Gasteiger partial charge in [0.2, 0.25) is 0 Å². The van der Waals surface area contributed by atoms with E-state index in [2.05, 4.69) is 49.7 Å². The molecule has 2 rings (SSSR count). The number of nitrogens with zero attached hydrogens (tertiary/aromatic N) is 2. The highest BCUT2D eigenvalue weighted by Gasteiger charge is 2.10. The molecule has 6 heteroatoms. The second-order valence-electron chi connectivity index (χ2n) is 4.73. The van der Waals surface area contributed by atoms with Crippen LogP contribution in [0.15, 0.2) is 27.8 Å². The van der Waals surface area contributed by atoms with Gasteiger partial charge in [-0.2, -0.15) is 0 Å². The maximum absolute atomic E-state index is 4.37. The molecule has 0 saturated carbocycles. The summed E-state index contributed by atoms with van der Waals surface area (Å²) in [5.41, 5.74) is 0. The van der Waals surface area contributed by atoms with Crippen molar-refractivity contribution in [3.8, 4) is 0 Å². The van der Waals surface area contributed by atoms with Gasteiger partial charge in [0, 0.05) is 28.8 Å². The van der Waals surface area contributed by atoms with E-state index >= 15 is 0 Å². The molecular formula is C14H22BrClN2S2. The monoisotopic (exact) mass is 396 g/mol. The second kappa shape index (κ2) is 11.2. The summed E-state index contributed by atoms with van der Waals surface area (Å²) in [6.45, 7) is 2.60. The van der Waals surface area contributed by atoms with E-state index in [9.17, 15) is 0 Å². The molecule has 0 N–H and O–H groups in total. The average molecular weight is 398 g/mol. The Kier molecular flexibility index (Phi) is 10.4. The molecule has 1 aliphatic heterocycles. The van der Waals surface area contributed by atoms with Gasteiger partial charge in [0.05, 0.1) is 5.03 Å². The van der Waals surface area contributed by atoms with Crippen molar-refractivity contribution in [1.82, 2.24) is 9.88 Å². The van der Waals surface area contributed by atoms with Crippen LogP contribution >= 0.6 is 51.9 Å². The predicted octanol–water partition coefficient (Wildman–Crippen LogP) is 4.92. The Hall–Kier alpha value is 0.580. The third-order valence-corrected chi connectivity index (χ3v) is 5.66. The van der Waals surface area contributed by atoms with Gasteiger partial charge in [-0.05, 0) is 53.2 Å². The molecule has 20 heavy (non-hydrogen) atoms. The predicted molar refractivity (Wildman–Crippen MR) is 97.3 cm³/mol. The molecule has 2 heterocycles. The zero-order valence-electron chi connectivity index (χ0n) is 11.6. The number of aromatic nitrogens is 1. The van der Waals surface area contributed by atoms with Crippen LogP contribution in [0.5, 0.6) is 0 Å². The zero-order chi connectivity index (χ0) is 13.3. The zero-order valence-corrected chi connectivity index (χ0v) is 15.6. The fraction of sp³-hybridized carbons (Fsp3) is 0.643. The van der Waals surface area contributed by atoms with Gasteiger partial charge in [-0.15, -0.1) is 35.9 Å². The van der Waals surface area contributed by atoms with Gasteiger partial charge in [0.25, 0.3) is 0 Å². The number of unbranched alkanes of at least 4 members (excludes halogenated alkanes) is 3. The highest BCUT2D eigenvalue weighted by atomic mass is 79.9. The topological polar surface area (TPSA) is 16.1 Å². The summed E-state index contributed by atoms with van der Waals surface area (Å²) in [5, 5.41) is 1.14. The van der Waals surface area contributed by atoms with Crippen LogP contribution in [0.4, 0.5) is 0 Å². The molecule has 0 aliphatic carbocycles. The van der Waals surface area contributed by atoms with E-state index < -0.39 is 0 Å². The average Bonchev–Trinajstić information content (AvgIpc) is 2.93. The molecule has 1 saturated heterocycles. The smallest absolute Gasteiger partial charge is 0.0960 e. The lowest BCUT2D eigenvalue weighted by Crippen LogP contribution is -2.20. The fourth-order valence-corrected chi connectivity index (χ4v) is 4.16. The van der Waals surface area contributed by atoms with Crippen LogP contribution in [0.25, 0.3) is 0 Å². The summed E-state index contributed by atoms with van der Waals surface area (Å²) in [6, 6.07) is 4.14. The maximum Gasteiger partial charge on any atom is 0.0960 e. The van der Waals surface area contributed by atoms with Gasteiger partial charge >= 0.3 is 0 Å². The van der Waals surface area contributed by atoms with E-state index in [-0.39, 0.29) is 12.4 Å². The first-order valence-corrected chi connectivity index (χ1v) is 9.82. The summed E-state index contributed by atoms with van der Waals surface area (Å²) in [5.74, 6) is 3.77. The minimum Gasteiger partial charge on any atom is -0.293 e. The molecule has 0 aromatic carbocycles. The van der Waals surface area contributed by atoms with Gasteiger partial charge in [-0.3, -0.25) is 4.90 Å². The Bertz CT molecular complexity index is 359. The highest BCUT2D eigenvalue weighted by Crippen LogP contribution is 2.19. The Morgan fingerprint density at radius 3 is 2.80 bits per heavy atom. The van der Waals surface area contributed by atoms with E-state index in [4.69, 9.17) is 0 Å². The largest absolute Gasteiger partial charge is 0.293 e. The Balaban J connectivity index is 0.00000200. The van der Waals surface area contributed by atoms with E-state index in [1.165, 1.54) is 56.2 Å². The number of pyridine rings is 1. The van der Waals surface area contributed by atoms with Crippen molar-refractivity contribution in [2.24, 2.45) is 0 Å². The quantitative estimate of drug-likeness (QED) is 0.456. The number of halogens is 2. The molecule has 1 aromatic rings. The van der Waals surface area contributed by atoms with E-state index in [0.29, 0.717) is 0 Å². The van der Waals surface area contributed by atoms with Gasteiger partial charge in [0.15, 0.2) is 0 Å². The summed E-state index contributed by atoms with van der Waals surface area (Å²) in [6.07, 6.45) is 7.26. The number of hydrogen-bond acceptors (Lipinski definition) is 4. The van der Waals surface area contributed by atoms with Gasteiger partial charge in [0.1, 0.15) is 0 Å². The molecule has 0 amide bonds.